The molecule has 12 nitrogen and oxygen atoms in total. The number of hydrogen-bond donors (Lipinski definition) is 0. The van der Waals surface area contributed by atoms with Crippen molar-refractivity contribution < 1.29 is 69.4 Å². The van der Waals surface area contributed by atoms with Gasteiger partial charge in [-0.3, -0.25) is 14.9 Å². The molecule has 0 radical (unpaired) electrons. The van der Waals surface area contributed by atoms with Gasteiger partial charge in [-0.05, 0) is 38.4 Å². The summed E-state index contributed by atoms with van der Waals surface area (Å²) in [5.74, 6) is 0. The molecule has 21 heteroatoms. The van der Waals surface area contributed by atoms with E-state index in [4.69, 9.17) is 31.2 Å². The van der Waals surface area contributed by atoms with Gasteiger partial charge in [0.05, 0.1) is 23.5 Å². The maximum atomic E-state index is 10.7. The molecule has 0 saturated carbocycles. The van der Waals surface area contributed by atoms with Crippen molar-refractivity contribution in [3.63, 3.8) is 0 Å². The van der Waals surface area contributed by atoms with Crippen LogP contribution in [0, 0.1) is 11.3 Å². The van der Waals surface area contributed by atoms with Gasteiger partial charge < -0.3 is 18.9 Å². The SMILES string of the molecule is CC#N.CN1CCN(C)CCN(C(c2ccccn2)c2ccccn2)CC1.O=S(=O)([O-])C(F)(F)F.O=S(=O)([O-])C(F)(F)F.[Fe+2]. The topological polar surface area (TPSA) is 174 Å². The van der Waals surface area contributed by atoms with Gasteiger partial charge in [-0.2, -0.15) is 31.6 Å². The van der Waals surface area contributed by atoms with Crippen molar-refractivity contribution in [2.45, 2.75) is 24.0 Å². The molecule has 0 amide bonds. The number of pyridine rings is 2. The minimum absolute atomic E-state index is 0. The summed E-state index contributed by atoms with van der Waals surface area (Å²) >= 11 is 0. The molecule has 2 aromatic heterocycles. The van der Waals surface area contributed by atoms with Crippen molar-refractivity contribution in [2.75, 3.05) is 53.4 Å². The minimum atomic E-state index is -6.09. The first-order chi connectivity index (χ1) is 19.7. The Morgan fingerprint density at radius 1 is 0.750 bits per heavy atom. The Morgan fingerprint density at radius 2 is 1.02 bits per heavy atom. The number of aromatic nitrogens is 2. The predicted molar refractivity (Wildman–Crippen MR) is 140 cm³/mol. The number of alkyl halides is 6. The second-order valence-corrected chi connectivity index (χ2v) is 11.3. The zero-order valence-electron chi connectivity index (χ0n) is 23.5. The maximum Gasteiger partial charge on any atom is 2.00 e. The Balaban J connectivity index is 0. The van der Waals surface area contributed by atoms with Crippen molar-refractivity contribution in [2.24, 2.45) is 0 Å². The monoisotopic (exact) mass is 720 g/mol. The first-order valence-corrected chi connectivity index (χ1v) is 14.8. The average molecular weight is 720 g/mol. The van der Waals surface area contributed by atoms with E-state index in [1.165, 1.54) is 6.92 Å². The van der Waals surface area contributed by atoms with Crippen LogP contribution in [0.1, 0.15) is 24.4 Å². The maximum absolute atomic E-state index is 10.7. The summed E-state index contributed by atoms with van der Waals surface area (Å²) in [7, 11) is -7.78. The molecule has 0 N–H and O–H groups in total. The first kappa shape index (κ1) is 43.7. The van der Waals surface area contributed by atoms with Crippen LogP contribution in [0.15, 0.2) is 48.8 Å². The number of halogens is 6. The largest absolute Gasteiger partial charge is 2.00 e. The molecule has 3 rings (SSSR count). The molecule has 1 aliphatic heterocycles. The number of likely N-dealkylation sites (N-methyl/N-ethyl adjacent to an activating group) is 2. The standard InChI is InChI=1S/C19H27N5.C2H3N.2CHF3O3S.Fe/c1-22-11-12-23(2)14-16-24(15-13-22)19(17-7-3-5-9-20-17)18-8-4-6-10-21-18;1-2-3;2*2-1(3,4)8(5,6)7;/h3-10,19H,11-16H2,1-2H3;1H3;2*(H,5,6,7);/q;;;;+2/p-2. The summed E-state index contributed by atoms with van der Waals surface area (Å²) in [6.07, 6.45) is 3.75. The molecule has 0 unspecified atom stereocenters. The number of nitrogens with zero attached hydrogens (tertiary/aromatic N) is 6. The van der Waals surface area contributed by atoms with Gasteiger partial charge in [0.25, 0.3) is 0 Å². The summed E-state index contributed by atoms with van der Waals surface area (Å²) in [5, 5.41) is 7.32. The van der Waals surface area contributed by atoms with E-state index in [9.17, 15) is 26.3 Å². The van der Waals surface area contributed by atoms with E-state index < -0.39 is 31.3 Å². The van der Waals surface area contributed by atoms with Crippen LogP contribution in [0.25, 0.3) is 0 Å². The van der Waals surface area contributed by atoms with Crippen LogP contribution in [0.3, 0.4) is 0 Å². The second kappa shape index (κ2) is 19.9. The normalized spacial score (nSPS) is 15.6. The summed E-state index contributed by atoms with van der Waals surface area (Å²) < 4.78 is 118. The fraction of sp³-hybridized carbons (Fsp3) is 0.522. The van der Waals surface area contributed by atoms with Crippen LogP contribution < -0.4 is 0 Å². The van der Waals surface area contributed by atoms with Crippen LogP contribution in [0.4, 0.5) is 26.3 Å². The average Bonchev–Trinajstić information content (AvgIpc) is 2.96. The summed E-state index contributed by atoms with van der Waals surface area (Å²) in [6, 6.07) is 14.1. The van der Waals surface area contributed by atoms with Crippen LogP contribution in [-0.2, 0) is 37.3 Å². The molecule has 0 aromatic carbocycles. The van der Waals surface area contributed by atoms with E-state index in [0.29, 0.717) is 0 Å². The summed E-state index contributed by atoms with van der Waals surface area (Å²) in [6.45, 7) is 7.81. The van der Waals surface area contributed by atoms with Crippen molar-refractivity contribution in [1.82, 2.24) is 24.7 Å². The molecule has 0 aliphatic carbocycles. The van der Waals surface area contributed by atoms with Gasteiger partial charge in [0.2, 0.25) is 0 Å². The zero-order chi connectivity index (χ0) is 33.5. The quantitative estimate of drug-likeness (QED) is 0.196. The van der Waals surface area contributed by atoms with Crippen LogP contribution >= 0.6 is 0 Å². The molecule has 3 heterocycles. The van der Waals surface area contributed by atoms with Crippen molar-refractivity contribution in [1.29, 1.82) is 5.26 Å². The minimum Gasteiger partial charge on any atom is -0.741 e. The Hall–Kier alpha value is -2.41. The number of nitriles is 1. The predicted octanol–water partition coefficient (Wildman–Crippen LogP) is 2.38. The molecule has 2 aromatic rings. The second-order valence-electron chi connectivity index (χ2n) is 8.58. The fourth-order valence-corrected chi connectivity index (χ4v) is 3.13. The summed E-state index contributed by atoms with van der Waals surface area (Å²) in [4.78, 5) is 16.6. The van der Waals surface area contributed by atoms with Gasteiger partial charge >= 0.3 is 28.1 Å². The number of rotatable bonds is 3. The van der Waals surface area contributed by atoms with Gasteiger partial charge in [0.1, 0.15) is 0 Å². The molecule has 44 heavy (non-hydrogen) atoms. The van der Waals surface area contributed by atoms with E-state index in [1.54, 1.807) is 6.07 Å². The van der Waals surface area contributed by atoms with Crippen LogP contribution in [-0.4, -0.2) is 115 Å². The van der Waals surface area contributed by atoms with Crippen molar-refractivity contribution in [3.05, 3.63) is 60.2 Å². The zero-order valence-corrected chi connectivity index (χ0v) is 26.2. The fourth-order valence-electron chi connectivity index (χ4n) is 3.13. The molecular formula is C23H30F6FeN6O6S2. The number of hydrogen-bond acceptors (Lipinski definition) is 12. The molecule has 1 fully saturated rings. The Bertz CT molecular complexity index is 1240. The van der Waals surface area contributed by atoms with Crippen molar-refractivity contribution in [3.8, 4) is 6.07 Å². The third-order valence-electron chi connectivity index (χ3n) is 5.27. The van der Waals surface area contributed by atoms with E-state index >= 15 is 0 Å². The Morgan fingerprint density at radius 3 is 1.25 bits per heavy atom. The van der Waals surface area contributed by atoms with Gasteiger partial charge in [-0.15, -0.1) is 0 Å². The molecule has 250 valence electrons. The smallest absolute Gasteiger partial charge is 0.741 e. The van der Waals surface area contributed by atoms with E-state index in [0.717, 1.165) is 50.7 Å². The van der Waals surface area contributed by atoms with E-state index in [-0.39, 0.29) is 23.1 Å². The van der Waals surface area contributed by atoms with Crippen LogP contribution in [0.2, 0.25) is 0 Å². The molecule has 1 aliphatic rings. The molecule has 0 atom stereocenters. The summed E-state index contributed by atoms with van der Waals surface area (Å²) in [5.41, 5.74) is -9.15. The van der Waals surface area contributed by atoms with Gasteiger partial charge in [-0.25, -0.2) is 16.8 Å². The van der Waals surface area contributed by atoms with Gasteiger partial charge in [-0.1, -0.05) is 12.1 Å². The third-order valence-corrected chi connectivity index (χ3v) is 6.40. The van der Waals surface area contributed by atoms with Gasteiger partial charge in [0, 0.05) is 58.6 Å². The molecule has 1 saturated heterocycles. The first-order valence-electron chi connectivity index (χ1n) is 11.9. The Labute approximate surface area is 262 Å². The van der Waals surface area contributed by atoms with E-state index in [2.05, 4.69) is 63.0 Å². The molecule has 0 spiro atoms. The van der Waals surface area contributed by atoms with Crippen molar-refractivity contribution >= 4 is 20.2 Å². The molecular weight excluding hydrogens is 690 g/mol. The van der Waals surface area contributed by atoms with Crippen LogP contribution in [0.5, 0.6) is 0 Å². The van der Waals surface area contributed by atoms with Gasteiger partial charge in [0.15, 0.2) is 20.2 Å². The third kappa shape index (κ3) is 17.2. The Kier molecular flexibility index (Phi) is 19.7. The molecule has 0 bridgehead atoms. The van der Waals surface area contributed by atoms with E-state index in [1.807, 2.05) is 24.5 Å².